The number of piperidine rings is 1. The van der Waals surface area contributed by atoms with Crippen LogP contribution < -0.4 is 0 Å². The number of likely N-dealkylation sites (tertiary alicyclic amines) is 1. The fraction of sp³-hybridized carbons (Fsp3) is 0.889. The van der Waals surface area contributed by atoms with Crippen molar-refractivity contribution in [1.82, 2.24) is 4.90 Å². The van der Waals surface area contributed by atoms with Gasteiger partial charge in [0.2, 0.25) is 0 Å². The molecular formula is C9H16N2O. The van der Waals surface area contributed by atoms with E-state index in [9.17, 15) is 5.11 Å². The van der Waals surface area contributed by atoms with E-state index in [1.165, 1.54) is 0 Å². The second-order valence-electron chi connectivity index (χ2n) is 3.49. The molecule has 1 rings (SSSR count). The van der Waals surface area contributed by atoms with Crippen molar-refractivity contribution in [3.05, 3.63) is 0 Å². The minimum Gasteiger partial charge on any atom is -0.375 e. The fourth-order valence-electron chi connectivity index (χ4n) is 1.57. The minimum absolute atomic E-state index is 0.601. The first-order chi connectivity index (χ1) is 5.70. The van der Waals surface area contributed by atoms with Gasteiger partial charge >= 0.3 is 0 Å². The zero-order valence-electron chi connectivity index (χ0n) is 7.58. The number of nitrogens with zero attached hydrogens (tertiary/aromatic N) is 2. The zero-order valence-corrected chi connectivity index (χ0v) is 7.58. The molecule has 0 atom stereocenters. The molecule has 3 nitrogen and oxygen atoms in total. The fourth-order valence-corrected chi connectivity index (χ4v) is 1.57. The lowest BCUT2D eigenvalue weighted by Crippen LogP contribution is -2.43. The van der Waals surface area contributed by atoms with Gasteiger partial charge in [0.15, 0.2) is 5.60 Å². The molecule has 0 aromatic carbocycles. The summed E-state index contributed by atoms with van der Waals surface area (Å²) in [6.45, 7) is 4.95. The lowest BCUT2D eigenvalue weighted by atomic mass is 9.93. The van der Waals surface area contributed by atoms with Crippen molar-refractivity contribution in [3.63, 3.8) is 0 Å². The quantitative estimate of drug-likeness (QED) is 0.619. The molecule has 0 aromatic rings. The molecule has 0 amide bonds. The van der Waals surface area contributed by atoms with Crippen LogP contribution in [0, 0.1) is 11.3 Å². The molecule has 0 unspecified atom stereocenters. The molecule has 0 saturated carbocycles. The third-order valence-corrected chi connectivity index (χ3v) is 2.43. The van der Waals surface area contributed by atoms with Crippen LogP contribution in [0.3, 0.4) is 0 Å². The summed E-state index contributed by atoms with van der Waals surface area (Å²) in [7, 11) is 0. The van der Waals surface area contributed by atoms with Gasteiger partial charge in [0.25, 0.3) is 0 Å². The maximum atomic E-state index is 9.58. The Morgan fingerprint density at radius 2 is 2.08 bits per heavy atom. The van der Waals surface area contributed by atoms with Gasteiger partial charge < -0.3 is 10.0 Å². The van der Waals surface area contributed by atoms with Crippen LogP contribution in [0.1, 0.15) is 26.2 Å². The Bertz CT molecular complexity index is 177. The van der Waals surface area contributed by atoms with Crippen LogP contribution >= 0.6 is 0 Å². The summed E-state index contributed by atoms with van der Waals surface area (Å²) in [5, 5.41) is 18.2. The summed E-state index contributed by atoms with van der Waals surface area (Å²) in [4.78, 5) is 2.30. The van der Waals surface area contributed by atoms with E-state index in [1.54, 1.807) is 0 Å². The molecule has 12 heavy (non-hydrogen) atoms. The lowest BCUT2D eigenvalue weighted by molar-refractivity contribution is 0.0255. The van der Waals surface area contributed by atoms with Gasteiger partial charge in [0, 0.05) is 25.9 Å². The molecule has 1 aliphatic heterocycles. The Morgan fingerprint density at radius 1 is 1.50 bits per heavy atom. The summed E-state index contributed by atoms with van der Waals surface area (Å²) in [6.07, 6.45) is 2.35. The van der Waals surface area contributed by atoms with Crippen molar-refractivity contribution in [2.45, 2.75) is 31.8 Å². The predicted octanol–water partition coefficient (Wildman–Crippen LogP) is 0.747. The van der Waals surface area contributed by atoms with Crippen LogP contribution in [0.2, 0.25) is 0 Å². The van der Waals surface area contributed by atoms with E-state index in [-0.39, 0.29) is 0 Å². The highest BCUT2D eigenvalue weighted by Crippen LogP contribution is 2.20. The Morgan fingerprint density at radius 3 is 2.50 bits per heavy atom. The van der Waals surface area contributed by atoms with Crippen LogP contribution in [0.5, 0.6) is 0 Å². The van der Waals surface area contributed by atoms with Crippen molar-refractivity contribution >= 4 is 0 Å². The predicted molar refractivity (Wildman–Crippen MR) is 46.5 cm³/mol. The van der Waals surface area contributed by atoms with Crippen molar-refractivity contribution < 1.29 is 5.11 Å². The number of nitriles is 1. The van der Waals surface area contributed by atoms with E-state index < -0.39 is 5.60 Å². The number of rotatable bonds is 2. The molecule has 1 saturated heterocycles. The third-order valence-electron chi connectivity index (χ3n) is 2.43. The van der Waals surface area contributed by atoms with E-state index in [2.05, 4.69) is 11.8 Å². The highest BCUT2D eigenvalue weighted by molar-refractivity contribution is 5.02. The molecule has 1 heterocycles. The van der Waals surface area contributed by atoms with Crippen LogP contribution in [0.25, 0.3) is 0 Å². The molecular weight excluding hydrogens is 152 g/mol. The molecule has 68 valence electrons. The van der Waals surface area contributed by atoms with Gasteiger partial charge in [0.05, 0.1) is 6.07 Å². The molecule has 0 aliphatic carbocycles. The maximum absolute atomic E-state index is 9.58. The Balaban J connectivity index is 2.35. The zero-order chi connectivity index (χ0) is 9.03. The van der Waals surface area contributed by atoms with Gasteiger partial charge in [-0.3, -0.25) is 0 Å². The van der Waals surface area contributed by atoms with E-state index in [4.69, 9.17) is 5.26 Å². The topological polar surface area (TPSA) is 47.3 Å². The highest BCUT2D eigenvalue weighted by atomic mass is 16.3. The van der Waals surface area contributed by atoms with E-state index >= 15 is 0 Å². The van der Waals surface area contributed by atoms with Crippen molar-refractivity contribution in [1.29, 1.82) is 5.26 Å². The van der Waals surface area contributed by atoms with Gasteiger partial charge in [-0.25, -0.2) is 0 Å². The van der Waals surface area contributed by atoms with Gasteiger partial charge in [-0.05, 0) is 13.0 Å². The molecule has 0 aromatic heterocycles. The van der Waals surface area contributed by atoms with Crippen molar-refractivity contribution in [2.75, 3.05) is 19.6 Å². The summed E-state index contributed by atoms with van der Waals surface area (Å²) in [6, 6.07) is 1.97. The molecule has 1 aliphatic rings. The highest BCUT2D eigenvalue weighted by Gasteiger charge is 2.31. The molecule has 3 heteroatoms. The SMILES string of the molecule is CCCN1CCC(O)(C#N)CC1. The first kappa shape index (κ1) is 9.50. The number of hydrogen-bond acceptors (Lipinski definition) is 3. The third kappa shape index (κ3) is 2.20. The number of hydrogen-bond donors (Lipinski definition) is 1. The molecule has 1 fully saturated rings. The second kappa shape index (κ2) is 3.88. The first-order valence-electron chi connectivity index (χ1n) is 4.56. The summed E-state index contributed by atoms with van der Waals surface area (Å²) in [5.74, 6) is 0. The second-order valence-corrected chi connectivity index (χ2v) is 3.49. The molecule has 0 bridgehead atoms. The average molecular weight is 168 g/mol. The largest absolute Gasteiger partial charge is 0.375 e. The Labute approximate surface area is 73.6 Å². The van der Waals surface area contributed by atoms with Crippen molar-refractivity contribution in [3.8, 4) is 6.07 Å². The van der Waals surface area contributed by atoms with E-state index in [0.717, 1.165) is 26.1 Å². The van der Waals surface area contributed by atoms with E-state index in [1.807, 2.05) is 6.07 Å². The minimum atomic E-state index is -1.04. The monoisotopic (exact) mass is 168 g/mol. The summed E-state index contributed by atoms with van der Waals surface area (Å²) in [5.41, 5.74) is -1.04. The maximum Gasteiger partial charge on any atom is 0.153 e. The molecule has 0 radical (unpaired) electrons. The number of aliphatic hydroxyl groups is 1. The van der Waals surface area contributed by atoms with Gasteiger partial charge in [0.1, 0.15) is 0 Å². The Hall–Kier alpha value is -0.590. The summed E-state index contributed by atoms with van der Waals surface area (Å²) >= 11 is 0. The van der Waals surface area contributed by atoms with Crippen molar-refractivity contribution in [2.24, 2.45) is 0 Å². The van der Waals surface area contributed by atoms with Crippen LogP contribution in [0.4, 0.5) is 0 Å². The Kier molecular flexibility index (Phi) is 3.07. The van der Waals surface area contributed by atoms with Gasteiger partial charge in [-0.15, -0.1) is 0 Å². The lowest BCUT2D eigenvalue weighted by Gasteiger charge is -2.33. The van der Waals surface area contributed by atoms with E-state index in [0.29, 0.717) is 12.8 Å². The standard InChI is InChI=1S/C9H16N2O/c1-2-5-11-6-3-9(12,8-10)4-7-11/h12H,2-7H2,1H3. The molecule has 1 N–H and O–H groups in total. The molecule has 0 spiro atoms. The normalized spacial score (nSPS) is 23.4. The van der Waals surface area contributed by atoms with Crippen LogP contribution in [-0.2, 0) is 0 Å². The van der Waals surface area contributed by atoms with Crippen LogP contribution in [0.15, 0.2) is 0 Å². The smallest absolute Gasteiger partial charge is 0.153 e. The summed E-state index contributed by atoms with van der Waals surface area (Å²) < 4.78 is 0. The van der Waals surface area contributed by atoms with Crippen LogP contribution in [-0.4, -0.2) is 35.2 Å². The average Bonchev–Trinajstić information content (AvgIpc) is 2.10. The van der Waals surface area contributed by atoms with Gasteiger partial charge in [-0.1, -0.05) is 6.92 Å². The first-order valence-corrected chi connectivity index (χ1v) is 4.56. The van der Waals surface area contributed by atoms with Gasteiger partial charge in [-0.2, -0.15) is 5.26 Å².